The molecule has 1 saturated heterocycles. The van der Waals surface area contributed by atoms with Gasteiger partial charge in [-0.15, -0.1) is 0 Å². The molecule has 1 atom stereocenters. The number of halogens is 1. The number of carbonyl (C=O) groups is 1. The van der Waals surface area contributed by atoms with Crippen molar-refractivity contribution in [1.82, 2.24) is 10.6 Å². The van der Waals surface area contributed by atoms with E-state index in [9.17, 15) is 9.18 Å². The maximum atomic E-state index is 11.6. The van der Waals surface area contributed by atoms with Gasteiger partial charge in [0, 0.05) is 19.0 Å². The molecule has 11 heavy (non-hydrogen) atoms. The van der Waals surface area contributed by atoms with Crippen LogP contribution in [0.15, 0.2) is 0 Å². The van der Waals surface area contributed by atoms with E-state index in [-0.39, 0.29) is 18.6 Å². The third kappa shape index (κ3) is 2.84. The van der Waals surface area contributed by atoms with Crippen molar-refractivity contribution >= 4 is 5.91 Å². The van der Waals surface area contributed by atoms with Gasteiger partial charge in [0.2, 0.25) is 5.91 Å². The predicted octanol–water partition coefficient (Wildman–Crippen LogP) is -0.176. The lowest BCUT2D eigenvalue weighted by molar-refractivity contribution is -0.119. The minimum Gasteiger partial charge on any atom is -0.354 e. The van der Waals surface area contributed by atoms with E-state index in [1.54, 1.807) is 0 Å². The summed E-state index contributed by atoms with van der Waals surface area (Å²) < 4.78 is 11.6. The average molecular weight is 160 g/mol. The molecule has 0 radical (unpaired) electrons. The normalized spacial score (nSPS) is 23.7. The Kier molecular flexibility index (Phi) is 3.29. The first-order chi connectivity index (χ1) is 5.33. The molecule has 1 heterocycles. The van der Waals surface area contributed by atoms with Crippen molar-refractivity contribution in [3.63, 3.8) is 0 Å². The molecular formula is C7H13FN2O. The Morgan fingerprint density at radius 1 is 1.73 bits per heavy atom. The van der Waals surface area contributed by atoms with Crippen LogP contribution in [0.1, 0.15) is 12.8 Å². The predicted molar refractivity (Wildman–Crippen MR) is 40.0 cm³/mol. The van der Waals surface area contributed by atoms with E-state index < -0.39 is 0 Å². The summed E-state index contributed by atoms with van der Waals surface area (Å²) in [6, 6.07) is 0.217. The summed E-state index contributed by atoms with van der Waals surface area (Å²) in [5.41, 5.74) is 0. The number of hydrogen-bond donors (Lipinski definition) is 2. The smallest absolute Gasteiger partial charge is 0.221 e. The van der Waals surface area contributed by atoms with Crippen LogP contribution in [0.5, 0.6) is 0 Å². The molecule has 0 aromatic rings. The van der Waals surface area contributed by atoms with Crippen molar-refractivity contribution < 1.29 is 9.18 Å². The van der Waals surface area contributed by atoms with E-state index in [0.717, 1.165) is 0 Å². The van der Waals surface area contributed by atoms with Crippen LogP contribution in [0.4, 0.5) is 4.39 Å². The van der Waals surface area contributed by atoms with Gasteiger partial charge in [0.15, 0.2) is 0 Å². The SMILES string of the molecule is O=C1CC(NCCCF)CN1. The lowest BCUT2D eigenvalue weighted by Gasteiger charge is -2.07. The molecule has 0 spiro atoms. The standard InChI is InChI=1S/C7H13FN2O/c8-2-1-3-9-6-4-7(11)10-5-6/h6,9H,1-5H2,(H,10,11). The molecule has 1 aliphatic heterocycles. The van der Waals surface area contributed by atoms with Gasteiger partial charge in [-0.3, -0.25) is 9.18 Å². The first kappa shape index (κ1) is 8.46. The van der Waals surface area contributed by atoms with Crippen molar-refractivity contribution in [2.45, 2.75) is 18.9 Å². The molecule has 0 saturated carbocycles. The van der Waals surface area contributed by atoms with Gasteiger partial charge < -0.3 is 10.6 Å². The van der Waals surface area contributed by atoms with Gasteiger partial charge >= 0.3 is 0 Å². The van der Waals surface area contributed by atoms with E-state index in [1.807, 2.05) is 0 Å². The molecule has 1 unspecified atom stereocenters. The molecular weight excluding hydrogens is 147 g/mol. The fraction of sp³-hybridized carbons (Fsp3) is 0.857. The number of carbonyl (C=O) groups excluding carboxylic acids is 1. The lowest BCUT2D eigenvalue weighted by atomic mass is 10.2. The number of nitrogens with one attached hydrogen (secondary N) is 2. The van der Waals surface area contributed by atoms with Crippen LogP contribution >= 0.6 is 0 Å². The highest BCUT2D eigenvalue weighted by Gasteiger charge is 2.19. The number of alkyl halides is 1. The Balaban J connectivity index is 2.04. The molecule has 1 aliphatic rings. The Bertz CT molecular complexity index is 140. The Morgan fingerprint density at radius 3 is 3.09 bits per heavy atom. The monoisotopic (exact) mass is 160 g/mol. The second kappa shape index (κ2) is 4.28. The molecule has 0 aromatic carbocycles. The van der Waals surface area contributed by atoms with Gasteiger partial charge in [0.1, 0.15) is 0 Å². The van der Waals surface area contributed by atoms with Gasteiger partial charge in [-0.2, -0.15) is 0 Å². The van der Waals surface area contributed by atoms with E-state index in [4.69, 9.17) is 0 Å². The minimum absolute atomic E-state index is 0.0859. The highest BCUT2D eigenvalue weighted by molar-refractivity contribution is 5.78. The quantitative estimate of drug-likeness (QED) is 0.560. The van der Waals surface area contributed by atoms with Crippen LogP contribution in [0.3, 0.4) is 0 Å². The maximum absolute atomic E-state index is 11.6. The summed E-state index contributed by atoms with van der Waals surface area (Å²) in [5, 5.41) is 5.79. The number of amides is 1. The highest BCUT2D eigenvalue weighted by atomic mass is 19.1. The van der Waals surface area contributed by atoms with Crippen molar-refractivity contribution in [3.05, 3.63) is 0 Å². The second-order valence-electron chi connectivity index (χ2n) is 2.70. The van der Waals surface area contributed by atoms with Crippen molar-refractivity contribution in [3.8, 4) is 0 Å². The van der Waals surface area contributed by atoms with Crippen LogP contribution in [-0.2, 0) is 4.79 Å². The topological polar surface area (TPSA) is 41.1 Å². The Hall–Kier alpha value is -0.640. The van der Waals surface area contributed by atoms with E-state index in [1.165, 1.54) is 0 Å². The Labute approximate surface area is 65.3 Å². The largest absolute Gasteiger partial charge is 0.354 e. The molecule has 2 N–H and O–H groups in total. The fourth-order valence-corrected chi connectivity index (χ4v) is 1.12. The Morgan fingerprint density at radius 2 is 2.55 bits per heavy atom. The van der Waals surface area contributed by atoms with Gasteiger partial charge in [0.05, 0.1) is 6.67 Å². The molecule has 0 aromatic heterocycles. The fourth-order valence-electron chi connectivity index (χ4n) is 1.12. The van der Waals surface area contributed by atoms with Crippen LogP contribution < -0.4 is 10.6 Å². The number of hydrogen-bond acceptors (Lipinski definition) is 2. The summed E-state index contributed by atoms with van der Waals surface area (Å²) >= 11 is 0. The van der Waals surface area contributed by atoms with Gasteiger partial charge in [-0.25, -0.2) is 0 Å². The van der Waals surface area contributed by atoms with Crippen LogP contribution in [0.25, 0.3) is 0 Å². The summed E-state index contributed by atoms with van der Waals surface area (Å²) in [7, 11) is 0. The molecule has 3 nitrogen and oxygen atoms in total. The van der Waals surface area contributed by atoms with Crippen LogP contribution in [0, 0.1) is 0 Å². The minimum atomic E-state index is -0.291. The van der Waals surface area contributed by atoms with E-state index >= 15 is 0 Å². The van der Waals surface area contributed by atoms with Gasteiger partial charge in [-0.05, 0) is 13.0 Å². The average Bonchev–Trinajstić information content (AvgIpc) is 2.37. The van der Waals surface area contributed by atoms with Crippen LogP contribution in [-0.4, -0.2) is 31.7 Å². The molecule has 64 valence electrons. The van der Waals surface area contributed by atoms with Crippen molar-refractivity contribution in [2.75, 3.05) is 19.8 Å². The number of rotatable bonds is 4. The van der Waals surface area contributed by atoms with E-state index in [0.29, 0.717) is 25.9 Å². The first-order valence-electron chi connectivity index (χ1n) is 3.89. The van der Waals surface area contributed by atoms with Crippen LogP contribution in [0.2, 0.25) is 0 Å². The van der Waals surface area contributed by atoms with Crippen molar-refractivity contribution in [1.29, 1.82) is 0 Å². The molecule has 0 aliphatic carbocycles. The second-order valence-corrected chi connectivity index (χ2v) is 2.70. The van der Waals surface area contributed by atoms with Crippen molar-refractivity contribution in [2.24, 2.45) is 0 Å². The third-order valence-electron chi connectivity index (χ3n) is 1.72. The first-order valence-corrected chi connectivity index (χ1v) is 3.89. The summed E-state index contributed by atoms with van der Waals surface area (Å²) in [4.78, 5) is 10.7. The zero-order valence-electron chi connectivity index (χ0n) is 6.40. The molecule has 1 fully saturated rings. The van der Waals surface area contributed by atoms with E-state index in [2.05, 4.69) is 10.6 Å². The summed E-state index contributed by atoms with van der Waals surface area (Å²) in [6.07, 6.45) is 1.07. The zero-order chi connectivity index (χ0) is 8.10. The molecule has 1 amide bonds. The zero-order valence-corrected chi connectivity index (χ0v) is 6.40. The maximum Gasteiger partial charge on any atom is 0.221 e. The highest BCUT2D eigenvalue weighted by Crippen LogP contribution is 1.98. The summed E-state index contributed by atoms with van der Waals surface area (Å²) in [5.74, 6) is 0.0859. The molecule has 4 heteroatoms. The molecule has 0 bridgehead atoms. The lowest BCUT2D eigenvalue weighted by Crippen LogP contribution is -2.31. The summed E-state index contributed by atoms with van der Waals surface area (Å²) in [6.45, 7) is 1.06. The van der Waals surface area contributed by atoms with Gasteiger partial charge in [0.25, 0.3) is 0 Å². The van der Waals surface area contributed by atoms with Gasteiger partial charge in [-0.1, -0.05) is 0 Å². The molecule has 1 rings (SSSR count). The third-order valence-corrected chi connectivity index (χ3v) is 1.72.